The molecule has 0 saturated heterocycles. The Bertz CT molecular complexity index is 890. The van der Waals surface area contributed by atoms with Crippen LogP contribution < -0.4 is 0 Å². The predicted molar refractivity (Wildman–Crippen MR) is 103 cm³/mol. The van der Waals surface area contributed by atoms with Crippen LogP contribution in [-0.4, -0.2) is 9.53 Å². The maximum absolute atomic E-state index is 5.91. The molecule has 0 atom stereocenters. The van der Waals surface area contributed by atoms with Crippen LogP contribution in [0.4, 0.5) is 5.69 Å². The molecule has 1 aromatic heterocycles. The number of halogens is 1. The van der Waals surface area contributed by atoms with Gasteiger partial charge >= 0.3 is 0 Å². The molecule has 1 aliphatic rings. The number of fused-ring (bicyclic) bond motifs is 1. The van der Waals surface area contributed by atoms with Gasteiger partial charge in [0.1, 0.15) is 15.8 Å². The first kappa shape index (κ1) is 15.8. The number of hydrogen-bond acceptors (Lipinski definition) is 5. The summed E-state index contributed by atoms with van der Waals surface area (Å²) in [6.45, 7) is 0. The highest BCUT2D eigenvalue weighted by Gasteiger charge is 2.14. The van der Waals surface area contributed by atoms with Gasteiger partial charge in [-0.2, -0.15) is 0 Å². The smallest absolute Gasteiger partial charge is 0.147 e. The molecule has 0 saturated carbocycles. The lowest BCUT2D eigenvalue weighted by Crippen LogP contribution is -1.95. The Kier molecular flexibility index (Phi) is 4.65. The molecular formula is C18H13ClN2OS2. The van der Waals surface area contributed by atoms with Gasteiger partial charge in [0.05, 0.1) is 11.4 Å². The Morgan fingerprint density at radius 2 is 1.96 bits per heavy atom. The second kappa shape index (κ2) is 7.05. The monoisotopic (exact) mass is 372 g/mol. The van der Waals surface area contributed by atoms with E-state index in [-0.39, 0.29) is 0 Å². The quantitative estimate of drug-likeness (QED) is 0.551. The number of thioether (sulfide) groups is 2. The van der Waals surface area contributed by atoms with Crippen molar-refractivity contribution in [2.45, 2.75) is 11.5 Å². The first-order chi connectivity index (χ1) is 11.8. The molecule has 0 fully saturated rings. The molecule has 0 radical (unpaired) electrons. The molecule has 120 valence electrons. The van der Waals surface area contributed by atoms with Crippen LogP contribution in [0.3, 0.4) is 0 Å². The van der Waals surface area contributed by atoms with Gasteiger partial charge < -0.3 is 4.52 Å². The molecule has 3 nitrogen and oxygen atoms in total. The summed E-state index contributed by atoms with van der Waals surface area (Å²) in [5.41, 5.74) is 4.18. The molecule has 2 heterocycles. The average Bonchev–Trinajstić information content (AvgIpc) is 3.09. The van der Waals surface area contributed by atoms with Gasteiger partial charge in [-0.3, -0.25) is 0 Å². The van der Waals surface area contributed by atoms with E-state index in [1.165, 1.54) is 5.56 Å². The molecule has 0 amide bonds. The number of aromatic nitrogens is 1. The number of benzene rings is 2. The highest BCUT2D eigenvalue weighted by atomic mass is 35.5. The summed E-state index contributed by atoms with van der Waals surface area (Å²) in [6, 6.07) is 17.8. The Labute approximate surface area is 153 Å². The van der Waals surface area contributed by atoms with E-state index in [0.29, 0.717) is 10.8 Å². The zero-order valence-corrected chi connectivity index (χ0v) is 15.0. The summed E-state index contributed by atoms with van der Waals surface area (Å²) in [5.74, 6) is 2.52. The summed E-state index contributed by atoms with van der Waals surface area (Å²) < 4.78 is 6.51. The van der Waals surface area contributed by atoms with Gasteiger partial charge in [0.2, 0.25) is 0 Å². The highest BCUT2D eigenvalue weighted by molar-refractivity contribution is 8.38. The van der Waals surface area contributed by atoms with E-state index >= 15 is 0 Å². The molecule has 0 unspecified atom stereocenters. The van der Waals surface area contributed by atoms with Crippen LogP contribution in [0.25, 0.3) is 11.3 Å². The van der Waals surface area contributed by atoms with Crippen molar-refractivity contribution in [1.82, 2.24) is 5.16 Å². The van der Waals surface area contributed by atoms with Crippen LogP contribution >= 0.6 is 35.1 Å². The van der Waals surface area contributed by atoms with Gasteiger partial charge in [-0.1, -0.05) is 70.6 Å². The molecular weight excluding hydrogens is 360 g/mol. The summed E-state index contributed by atoms with van der Waals surface area (Å²) in [5, 5.41) is 4.85. The Balaban J connectivity index is 1.44. The zero-order chi connectivity index (χ0) is 16.4. The van der Waals surface area contributed by atoms with Crippen LogP contribution in [0, 0.1) is 0 Å². The van der Waals surface area contributed by atoms with E-state index < -0.39 is 0 Å². The third-order valence-corrected chi connectivity index (χ3v) is 6.11. The third-order valence-electron chi connectivity index (χ3n) is 3.59. The fraction of sp³-hybridized carbons (Fsp3) is 0.111. The fourth-order valence-corrected chi connectivity index (χ4v) is 4.42. The molecule has 1 aliphatic heterocycles. The molecule has 0 bridgehead atoms. The molecule has 2 aromatic carbocycles. The topological polar surface area (TPSA) is 38.4 Å². The van der Waals surface area contributed by atoms with E-state index in [9.17, 15) is 0 Å². The Morgan fingerprint density at radius 1 is 1.12 bits per heavy atom. The standard InChI is InChI=1S/C18H13ClN2OS2/c19-14-7-5-12(6-8-14)17-9-15(22-21-17)11-24-18-20-16-4-2-1-3-13(16)10-23-18/h1-9H,10-11H2. The van der Waals surface area contributed by atoms with E-state index in [0.717, 1.165) is 32.8 Å². The number of para-hydroxylation sites is 1. The third kappa shape index (κ3) is 3.53. The lowest BCUT2D eigenvalue weighted by atomic mass is 10.1. The minimum absolute atomic E-state index is 0.714. The molecule has 0 spiro atoms. The fourth-order valence-electron chi connectivity index (χ4n) is 2.36. The van der Waals surface area contributed by atoms with Gasteiger partial charge in [-0.15, -0.1) is 0 Å². The molecule has 0 aliphatic carbocycles. The SMILES string of the molecule is Clc1ccc(-c2cc(CSC3=Nc4ccccc4CS3)on2)cc1. The van der Waals surface area contributed by atoms with Crippen molar-refractivity contribution in [1.29, 1.82) is 0 Å². The largest absolute Gasteiger partial charge is 0.360 e. The van der Waals surface area contributed by atoms with Crippen LogP contribution in [0.2, 0.25) is 5.02 Å². The maximum Gasteiger partial charge on any atom is 0.147 e. The minimum atomic E-state index is 0.714. The molecule has 4 rings (SSSR count). The molecule has 3 aromatic rings. The van der Waals surface area contributed by atoms with Crippen molar-refractivity contribution in [3.63, 3.8) is 0 Å². The number of aliphatic imine (C=N–C) groups is 1. The van der Waals surface area contributed by atoms with Gasteiger partial charge in [0, 0.05) is 22.4 Å². The molecule has 6 heteroatoms. The van der Waals surface area contributed by atoms with E-state index in [4.69, 9.17) is 21.1 Å². The minimum Gasteiger partial charge on any atom is -0.360 e. The van der Waals surface area contributed by atoms with Crippen molar-refractivity contribution in [3.8, 4) is 11.3 Å². The number of rotatable bonds is 3. The summed E-state index contributed by atoms with van der Waals surface area (Å²) >= 11 is 9.36. The predicted octanol–water partition coefficient (Wildman–Crippen LogP) is 6.16. The summed E-state index contributed by atoms with van der Waals surface area (Å²) in [4.78, 5) is 4.70. The highest BCUT2D eigenvalue weighted by Crippen LogP contribution is 2.35. The number of hydrogen-bond donors (Lipinski definition) is 0. The van der Waals surface area contributed by atoms with Gasteiger partial charge in [0.25, 0.3) is 0 Å². The van der Waals surface area contributed by atoms with Crippen LogP contribution in [-0.2, 0) is 11.5 Å². The van der Waals surface area contributed by atoms with E-state index in [1.807, 2.05) is 36.4 Å². The van der Waals surface area contributed by atoms with Crippen molar-refractivity contribution in [2.75, 3.05) is 0 Å². The van der Waals surface area contributed by atoms with Gasteiger partial charge in [-0.05, 0) is 23.8 Å². The summed E-state index contributed by atoms with van der Waals surface area (Å²) in [7, 11) is 0. The lowest BCUT2D eigenvalue weighted by molar-refractivity contribution is 0.397. The molecule has 0 N–H and O–H groups in total. The van der Waals surface area contributed by atoms with Crippen molar-refractivity contribution < 1.29 is 4.52 Å². The summed E-state index contributed by atoms with van der Waals surface area (Å²) in [6.07, 6.45) is 0. The van der Waals surface area contributed by atoms with Crippen LogP contribution in [0.1, 0.15) is 11.3 Å². The second-order valence-electron chi connectivity index (χ2n) is 5.27. The Hall–Kier alpha value is -1.69. The zero-order valence-electron chi connectivity index (χ0n) is 12.6. The normalized spacial score (nSPS) is 13.5. The van der Waals surface area contributed by atoms with Crippen LogP contribution in [0.15, 0.2) is 64.1 Å². The first-order valence-electron chi connectivity index (χ1n) is 7.42. The van der Waals surface area contributed by atoms with Crippen molar-refractivity contribution in [2.24, 2.45) is 4.99 Å². The maximum atomic E-state index is 5.91. The second-order valence-corrected chi connectivity index (χ2v) is 7.89. The van der Waals surface area contributed by atoms with Crippen molar-refractivity contribution in [3.05, 3.63) is 70.9 Å². The molecule has 24 heavy (non-hydrogen) atoms. The first-order valence-corrected chi connectivity index (χ1v) is 9.76. The average molecular weight is 373 g/mol. The van der Waals surface area contributed by atoms with E-state index in [1.54, 1.807) is 23.5 Å². The van der Waals surface area contributed by atoms with Gasteiger partial charge in [-0.25, -0.2) is 4.99 Å². The lowest BCUT2D eigenvalue weighted by Gasteiger charge is -2.13. The Morgan fingerprint density at radius 3 is 2.83 bits per heavy atom. The van der Waals surface area contributed by atoms with Crippen molar-refractivity contribution >= 4 is 45.2 Å². The van der Waals surface area contributed by atoms with Crippen LogP contribution in [0.5, 0.6) is 0 Å². The number of nitrogens with zero attached hydrogens (tertiary/aromatic N) is 2. The van der Waals surface area contributed by atoms with Gasteiger partial charge in [0.15, 0.2) is 0 Å². The van der Waals surface area contributed by atoms with E-state index in [2.05, 4.69) is 23.4 Å².